The highest BCUT2D eigenvalue weighted by atomic mass is 19.4. The van der Waals surface area contributed by atoms with Gasteiger partial charge in [0.2, 0.25) is 11.8 Å². The first kappa shape index (κ1) is 20.3. The lowest BCUT2D eigenvalue weighted by atomic mass is 9.81. The van der Waals surface area contributed by atoms with Crippen molar-refractivity contribution in [1.82, 2.24) is 4.90 Å². The number of alkyl halides is 3. The van der Waals surface area contributed by atoms with Crippen molar-refractivity contribution in [3.63, 3.8) is 0 Å². The number of imide groups is 1. The third-order valence-corrected chi connectivity index (χ3v) is 6.69. The molecule has 2 amide bonds. The molecule has 4 rings (SSSR count). The number of nitrogens with zero attached hydrogens (tertiary/aromatic N) is 1. The number of fused-ring (bicyclic) bond motifs is 1. The van der Waals surface area contributed by atoms with Crippen molar-refractivity contribution in [3.8, 4) is 0 Å². The van der Waals surface area contributed by atoms with Gasteiger partial charge in [-0.2, -0.15) is 13.2 Å². The van der Waals surface area contributed by atoms with Crippen LogP contribution in [-0.4, -0.2) is 49.6 Å². The van der Waals surface area contributed by atoms with Crippen LogP contribution in [0.2, 0.25) is 0 Å². The number of likely N-dealkylation sites (tertiary alicyclic amines) is 1. The highest BCUT2D eigenvalue weighted by molar-refractivity contribution is 6.05. The second kappa shape index (κ2) is 8.07. The van der Waals surface area contributed by atoms with Gasteiger partial charge in [-0.15, -0.1) is 0 Å². The van der Waals surface area contributed by atoms with Gasteiger partial charge in [0.05, 0.1) is 17.4 Å². The first-order chi connectivity index (χ1) is 13.8. The molecular formula is C21H28F3N3O2+2. The highest BCUT2D eigenvalue weighted by Gasteiger charge is 2.49. The van der Waals surface area contributed by atoms with Crippen molar-refractivity contribution in [2.24, 2.45) is 11.8 Å². The van der Waals surface area contributed by atoms with Gasteiger partial charge in [0, 0.05) is 5.56 Å². The zero-order valence-electron chi connectivity index (χ0n) is 16.4. The topological polar surface area (TPSA) is 46.3 Å². The molecule has 1 aliphatic carbocycles. The van der Waals surface area contributed by atoms with Gasteiger partial charge in [-0.25, -0.2) is 4.90 Å². The zero-order chi connectivity index (χ0) is 20.6. The normalized spacial score (nSPS) is 30.5. The molecule has 0 bridgehead atoms. The lowest BCUT2D eigenvalue weighted by Crippen LogP contribution is -3.28. The predicted octanol–water partition coefficient (Wildman–Crippen LogP) is 0.122. The summed E-state index contributed by atoms with van der Waals surface area (Å²) in [6, 6.07) is 5.53. The number of nitrogens with one attached hydrogen (secondary N) is 2. The van der Waals surface area contributed by atoms with Crippen LogP contribution < -0.4 is 9.80 Å². The van der Waals surface area contributed by atoms with Crippen LogP contribution in [0.1, 0.15) is 36.8 Å². The number of benzene rings is 1. The molecule has 2 N–H and O–H groups in total. The average Bonchev–Trinajstić information content (AvgIpc) is 2.94. The SMILES string of the molecule is O=C1[C@H]2CCCC[C@H]2C(=O)N1C[NH+]1CC[NH+](Cc2cccc(C(F)(F)F)c2)CC1. The summed E-state index contributed by atoms with van der Waals surface area (Å²) in [6.07, 6.45) is -0.608. The van der Waals surface area contributed by atoms with Gasteiger partial charge >= 0.3 is 6.18 Å². The maximum Gasteiger partial charge on any atom is 0.416 e. The minimum Gasteiger partial charge on any atom is -0.322 e. The molecule has 0 spiro atoms. The number of quaternary nitrogens is 2. The van der Waals surface area contributed by atoms with Crippen molar-refractivity contribution < 1.29 is 32.6 Å². The van der Waals surface area contributed by atoms with Crippen LogP contribution in [-0.2, 0) is 22.3 Å². The second-order valence-electron chi connectivity index (χ2n) is 8.63. The number of piperazine rings is 1. The fraction of sp³-hybridized carbons (Fsp3) is 0.619. The fourth-order valence-corrected chi connectivity index (χ4v) is 5.05. The number of halogens is 3. The Bertz CT molecular complexity index is 751. The quantitative estimate of drug-likeness (QED) is 0.692. The van der Waals surface area contributed by atoms with E-state index in [9.17, 15) is 22.8 Å². The van der Waals surface area contributed by atoms with E-state index in [4.69, 9.17) is 0 Å². The largest absolute Gasteiger partial charge is 0.416 e. The van der Waals surface area contributed by atoms with Crippen LogP contribution in [0, 0.1) is 11.8 Å². The molecule has 0 unspecified atom stereocenters. The van der Waals surface area contributed by atoms with E-state index in [2.05, 4.69) is 0 Å². The van der Waals surface area contributed by atoms with E-state index in [1.165, 1.54) is 26.8 Å². The van der Waals surface area contributed by atoms with E-state index < -0.39 is 11.7 Å². The first-order valence-corrected chi connectivity index (χ1v) is 10.5. The van der Waals surface area contributed by atoms with Gasteiger partial charge < -0.3 is 9.80 Å². The molecule has 29 heavy (non-hydrogen) atoms. The van der Waals surface area contributed by atoms with E-state index in [0.717, 1.165) is 57.9 Å². The van der Waals surface area contributed by atoms with Crippen LogP contribution in [0.4, 0.5) is 13.2 Å². The summed E-state index contributed by atoms with van der Waals surface area (Å²) < 4.78 is 38.7. The maximum absolute atomic E-state index is 12.9. The summed E-state index contributed by atoms with van der Waals surface area (Å²) in [5.74, 6) is -0.205. The van der Waals surface area contributed by atoms with Crippen LogP contribution in [0.25, 0.3) is 0 Å². The van der Waals surface area contributed by atoms with Crippen LogP contribution >= 0.6 is 0 Å². The summed E-state index contributed by atoms with van der Waals surface area (Å²) in [6.45, 7) is 4.23. The van der Waals surface area contributed by atoms with Gasteiger partial charge in [0.1, 0.15) is 32.7 Å². The number of rotatable bonds is 4. The van der Waals surface area contributed by atoms with Crippen molar-refractivity contribution in [3.05, 3.63) is 35.4 Å². The number of hydrogen-bond donors (Lipinski definition) is 2. The summed E-state index contributed by atoms with van der Waals surface area (Å²) in [5.41, 5.74) is 0.0819. The molecule has 2 aliphatic heterocycles. The molecule has 3 fully saturated rings. The number of hydrogen-bond acceptors (Lipinski definition) is 2. The number of carbonyl (C=O) groups excluding carboxylic acids is 2. The van der Waals surface area contributed by atoms with Crippen molar-refractivity contribution >= 4 is 11.8 Å². The van der Waals surface area contributed by atoms with E-state index in [-0.39, 0.29) is 23.7 Å². The Hall–Kier alpha value is -1.93. The third kappa shape index (κ3) is 4.33. The minimum atomic E-state index is -4.32. The van der Waals surface area contributed by atoms with Crippen LogP contribution in [0.3, 0.4) is 0 Å². The van der Waals surface area contributed by atoms with Crippen LogP contribution in [0.15, 0.2) is 24.3 Å². The molecule has 1 saturated carbocycles. The van der Waals surface area contributed by atoms with Gasteiger partial charge in [0.15, 0.2) is 6.67 Å². The van der Waals surface area contributed by atoms with E-state index in [1.54, 1.807) is 6.07 Å². The van der Waals surface area contributed by atoms with E-state index >= 15 is 0 Å². The maximum atomic E-state index is 12.9. The van der Waals surface area contributed by atoms with Gasteiger partial charge in [-0.05, 0) is 25.0 Å². The Morgan fingerprint density at radius 1 is 0.931 bits per heavy atom. The fourth-order valence-electron chi connectivity index (χ4n) is 5.05. The molecule has 2 heterocycles. The monoisotopic (exact) mass is 411 g/mol. The van der Waals surface area contributed by atoms with Crippen molar-refractivity contribution in [2.45, 2.75) is 38.4 Å². The van der Waals surface area contributed by atoms with Gasteiger partial charge in [-0.3, -0.25) is 9.59 Å². The first-order valence-electron chi connectivity index (χ1n) is 10.5. The van der Waals surface area contributed by atoms with E-state index in [0.29, 0.717) is 18.8 Å². The standard InChI is InChI=1S/C21H26F3N3O2/c22-21(23,24)16-5-3-4-15(12-16)13-25-8-10-26(11-9-25)14-27-19(28)17-6-1-2-7-18(17)20(27)29/h3-5,12,17-18H,1-2,6-11,13-14H2/p+2/t17-,18+. The van der Waals surface area contributed by atoms with Crippen molar-refractivity contribution in [2.75, 3.05) is 32.8 Å². The highest BCUT2D eigenvalue weighted by Crippen LogP contribution is 2.37. The third-order valence-electron chi connectivity index (χ3n) is 6.69. The van der Waals surface area contributed by atoms with E-state index in [1.807, 2.05) is 0 Å². The molecule has 2 atom stereocenters. The van der Waals surface area contributed by atoms with Crippen molar-refractivity contribution in [1.29, 1.82) is 0 Å². The smallest absolute Gasteiger partial charge is 0.322 e. The lowest BCUT2D eigenvalue weighted by Gasteiger charge is -2.31. The average molecular weight is 411 g/mol. The Kier molecular flexibility index (Phi) is 5.66. The summed E-state index contributed by atoms with van der Waals surface area (Å²) in [5, 5.41) is 0. The Labute approximate surface area is 168 Å². The predicted molar refractivity (Wildman–Crippen MR) is 98.7 cm³/mol. The molecule has 0 radical (unpaired) electrons. The molecule has 158 valence electrons. The lowest BCUT2D eigenvalue weighted by molar-refractivity contribution is -1.02. The van der Waals surface area contributed by atoms with Crippen LogP contribution in [0.5, 0.6) is 0 Å². The molecule has 0 aromatic heterocycles. The molecule has 5 nitrogen and oxygen atoms in total. The molecule has 8 heteroatoms. The summed E-state index contributed by atoms with van der Waals surface area (Å²) in [7, 11) is 0. The second-order valence-corrected chi connectivity index (χ2v) is 8.63. The zero-order valence-corrected chi connectivity index (χ0v) is 16.4. The Balaban J connectivity index is 1.30. The Morgan fingerprint density at radius 3 is 2.10 bits per heavy atom. The van der Waals surface area contributed by atoms with Gasteiger partial charge in [0.25, 0.3) is 0 Å². The minimum absolute atomic E-state index is 0.00550. The summed E-state index contributed by atoms with van der Waals surface area (Å²) in [4.78, 5) is 29.2. The number of amides is 2. The molecule has 1 aromatic carbocycles. The molecule has 2 saturated heterocycles. The summed E-state index contributed by atoms with van der Waals surface area (Å²) >= 11 is 0. The number of carbonyl (C=O) groups is 2. The van der Waals surface area contributed by atoms with Gasteiger partial charge in [-0.1, -0.05) is 25.0 Å². The molecule has 1 aromatic rings. The molecule has 3 aliphatic rings. The molecular weight excluding hydrogens is 383 g/mol. The Morgan fingerprint density at radius 2 is 1.52 bits per heavy atom.